The van der Waals surface area contributed by atoms with Gasteiger partial charge in [0.25, 0.3) is 0 Å². The number of nitrogens with one attached hydrogen (secondary N) is 3. The van der Waals surface area contributed by atoms with E-state index in [4.69, 9.17) is 17.0 Å². The zero-order chi connectivity index (χ0) is 16.5. The lowest BCUT2D eigenvalue weighted by molar-refractivity contribution is -0.125. The third kappa shape index (κ3) is 5.72. The summed E-state index contributed by atoms with van der Waals surface area (Å²) in [4.78, 5) is 25.5. The number of thiol groups is 1. The Morgan fingerprint density at radius 1 is 1.45 bits per heavy atom. The van der Waals surface area contributed by atoms with Gasteiger partial charge in [-0.05, 0) is 18.6 Å². The van der Waals surface area contributed by atoms with E-state index in [2.05, 4.69) is 35.2 Å². The van der Waals surface area contributed by atoms with Crippen molar-refractivity contribution in [3.8, 4) is 0 Å². The minimum atomic E-state index is -0.559. The normalized spacial score (nSPS) is 20.2. The first-order valence-corrected chi connectivity index (χ1v) is 7.87. The van der Waals surface area contributed by atoms with Gasteiger partial charge in [0.2, 0.25) is 5.91 Å². The van der Waals surface area contributed by atoms with Crippen LogP contribution in [0.1, 0.15) is 6.42 Å². The predicted octanol–water partition coefficient (Wildman–Crippen LogP) is -0.108. The van der Waals surface area contributed by atoms with E-state index >= 15 is 0 Å². The van der Waals surface area contributed by atoms with Gasteiger partial charge in [-0.2, -0.15) is 12.6 Å². The summed E-state index contributed by atoms with van der Waals surface area (Å²) in [7, 11) is 1.71. The Bertz CT molecular complexity index is 434. The standard InChI is InChI=1S/C13H22N4O3S2/c1-3-6-20-13(19)17-8-9(21)7-10(17)11(18)15-4-5-16-12(22)14-2/h3,9-10,21H,1,4-8H2,2H3,(H,15,18)(H2,14,16,22)/t9-,10-/m0/s1. The van der Waals surface area contributed by atoms with Crippen molar-refractivity contribution >= 4 is 42.0 Å². The lowest BCUT2D eigenvalue weighted by Gasteiger charge is -2.23. The Kier molecular flexibility index (Phi) is 8.03. The first kappa shape index (κ1) is 18.6. The summed E-state index contributed by atoms with van der Waals surface area (Å²) >= 11 is 9.28. The number of amides is 2. The third-order valence-corrected chi connectivity index (χ3v) is 3.80. The number of carbonyl (C=O) groups excluding carboxylic acids is 2. The molecule has 1 fully saturated rings. The molecule has 0 radical (unpaired) electrons. The van der Waals surface area contributed by atoms with Gasteiger partial charge in [0.05, 0.1) is 0 Å². The SMILES string of the molecule is C=CCOC(=O)N1C[C@@H](S)C[C@H]1C(=O)NCCNC(=S)NC. The molecule has 1 heterocycles. The maximum atomic E-state index is 12.2. The molecule has 0 aliphatic carbocycles. The molecule has 0 aromatic heterocycles. The van der Waals surface area contributed by atoms with Gasteiger partial charge in [0, 0.05) is 31.9 Å². The average molecular weight is 346 g/mol. The van der Waals surface area contributed by atoms with Crippen LogP contribution >= 0.6 is 24.8 Å². The molecule has 0 saturated carbocycles. The van der Waals surface area contributed by atoms with Crippen molar-refractivity contribution in [1.29, 1.82) is 0 Å². The van der Waals surface area contributed by atoms with Crippen molar-refractivity contribution in [2.45, 2.75) is 17.7 Å². The zero-order valence-corrected chi connectivity index (χ0v) is 14.2. The molecule has 2 atom stereocenters. The first-order chi connectivity index (χ1) is 10.5. The van der Waals surface area contributed by atoms with E-state index in [0.717, 1.165) is 0 Å². The third-order valence-electron chi connectivity index (χ3n) is 3.08. The van der Waals surface area contributed by atoms with Gasteiger partial charge >= 0.3 is 6.09 Å². The Labute approximate surface area is 141 Å². The van der Waals surface area contributed by atoms with E-state index in [1.54, 1.807) is 7.05 Å². The van der Waals surface area contributed by atoms with Crippen molar-refractivity contribution in [1.82, 2.24) is 20.9 Å². The van der Waals surface area contributed by atoms with Gasteiger partial charge in [-0.3, -0.25) is 9.69 Å². The number of nitrogens with zero attached hydrogens (tertiary/aromatic N) is 1. The van der Waals surface area contributed by atoms with Crippen molar-refractivity contribution in [3.05, 3.63) is 12.7 Å². The molecule has 7 nitrogen and oxygen atoms in total. The molecule has 0 aromatic rings. The molecule has 3 N–H and O–H groups in total. The summed E-state index contributed by atoms with van der Waals surface area (Å²) in [6.07, 6.45) is 1.46. The van der Waals surface area contributed by atoms with Crippen LogP contribution in [0.2, 0.25) is 0 Å². The van der Waals surface area contributed by atoms with E-state index in [-0.39, 0.29) is 17.8 Å². The Hall–Kier alpha value is -1.48. The molecular formula is C13H22N4O3S2. The summed E-state index contributed by atoms with van der Waals surface area (Å²) < 4.78 is 4.99. The van der Waals surface area contributed by atoms with E-state index in [9.17, 15) is 9.59 Å². The number of likely N-dealkylation sites (tertiary alicyclic amines) is 1. The average Bonchev–Trinajstić information content (AvgIpc) is 2.90. The highest BCUT2D eigenvalue weighted by Gasteiger charge is 2.38. The van der Waals surface area contributed by atoms with Gasteiger partial charge in [-0.25, -0.2) is 4.79 Å². The maximum Gasteiger partial charge on any atom is 0.410 e. The summed E-state index contributed by atoms with van der Waals surface area (Å²) in [5, 5.41) is 8.95. The highest BCUT2D eigenvalue weighted by molar-refractivity contribution is 7.81. The lowest BCUT2D eigenvalue weighted by Crippen LogP contribution is -2.48. The van der Waals surface area contributed by atoms with Crippen molar-refractivity contribution in [3.63, 3.8) is 0 Å². The molecule has 0 aromatic carbocycles. The van der Waals surface area contributed by atoms with Crippen LogP contribution in [0.3, 0.4) is 0 Å². The highest BCUT2D eigenvalue weighted by atomic mass is 32.1. The summed E-state index contributed by atoms with van der Waals surface area (Å²) in [6.45, 7) is 4.90. The van der Waals surface area contributed by atoms with Crippen LogP contribution in [0.25, 0.3) is 0 Å². The minimum Gasteiger partial charge on any atom is -0.445 e. The number of carbonyl (C=O) groups is 2. The minimum absolute atomic E-state index is 0.0398. The predicted molar refractivity (Wildman–Crippen MR) is 92.1 cm³/mol. The number of ether oxygens (including phenoxy) is 1. The van der Waals surface area contributed by atoms with Crippen LogP contribution < -0.4 is 16.0 Å². The van der Waals surface area contributed by atoms with Crippen LogP contribution in [-0.2, 0) is 9.53 Å². The number of rotatable bonds is 6. The lowest BCUT2D eigenvalue weighted by atomic mass is 10.2. The highest BCUT2D eigenvalue weighted by Crippen LogP contribution is 2.22. The first-order valence-electron chi connectivity index (χ1n) is 6.95. The van der Waals surface area contributed by atoms with E-state index in [1.807, 2.05) is 0 Å². The molecule has 1 saturated heterocycles. The second-order valence-electron chi connectivity index (χ2n) is 4.72. The summed E-state index contributed by atoms with van der Waals surface area (Å²) in [6, 6.07) is -0.559. The van der Waals surface area contributed by atoms with Crippen LogP contribution in [0.15, 0.2) is 12.7 Å². The molecule has 124 valence electrons. The van der Waals surface area contributed by atoms with Crippen LogP contribution in [0.4, 0.5) is 4.79 Å². The van der Waals surface area contributed by atoms with Crippen molar-refractivity contribution in [2.24, 2.45) is 0 Å². The molecule has 9 heteroatoms. The van der Waals surface area contributed by atoms with Crippen LogP contribution in [0.5, 0.6) is 0 Å². The van der Waals surface area contributed by atoms with Crippen molar-refractivity contribution in [2.75, 3.05) is 33.3 Å². The van der Waals surface area contributed by atoms with E-state index < -0.39 is 12.1 Å². The Morgan fingerprint density at radius 3 is 2.77 bits per heavy atom. The topological polar surface area (TPSA) is 82.7 Å². The van der Waals surface area contributed by atoms with Gasteiger partial charge in [0.1, 0.15) is 12.6 Å². The smallest absolute Gasteiger partial charge is 0.410 e. The molecule has 2 amide bonds. The molecular weight excluding hydrogens is 324 g/mol. The second kappa shape index (κ2) is 9.52. The van der Waals surface area contributed by atoms with Crippen LogP contribution in [0, 0.1) is 0 Å². The Balaban J connectivity index is 2.45. The fraction of sp³-hybridized carbons (Fsp3) is 0.615. The fourth-order valence-corrected chi connectivity index (χ4v) is 2.52. The molecule has 0 spiro atoms. The molecule has 0 bridgehead atoms. The van der Waals surface area contributed by atoms with Gasteiger partial charge in [-0.15, -0.1) is 0 Å². The summed E-state index contributed by atoms with van der Waals surface area (Å²) in [5.41, 5.74) is 0. The fourth-order valence-electron chi connectivity index (χ4n) is 2.05. The molecule has 1 aliphatic rings. The zero-order valence-electron chi connectivity index (χ0n) is 12.5. The molecule has 1 rings (SSSR count). The maximum absolute atomic E-state index is 12.2. The van der Waals surface area contributed by atoms with E-state index in [1.165, 1.54) is 11.0 Å². The summed E-state index contributed by atoms with van der Waals surface area (Å²) in [5.74, 6) is -0.218. The molecule has 1 aliphatic heterocycles. The van der Waals surface area contributed by atoms with Crippen molar-refractivity contribution < 1.29 is 14.3 Å². The molecule has 22 heavy (non-hydrogen) atoms. The van der Waals surface area contributed by atoms with Gasteiger partial charge < -0.3 is 20.7 Å². The number of thiocarbonyl (C=S) groups is 1. The molecule has 0 unspecified atom stereocenters. The van der Waals surface area contributed by atoms with E-state index in [0.29, 0.717) is 31.2 Å². The largest absolute Gasteiger partial charge is 0.445 e. The number of hydrogen-bond donors (Lipinski definition) is 4. The van der Waals surface area contributed by atoms with Gasteiger partial charge in [0.15, 0.2) is 5.11 Å². The Morgan fingerprint density at radius 2 is 2.14 bits per heavy atom. The number of hydrogen-bond acceptors (Lipinski definition) is 5. The second-order valence-corrected chi connectivity index (χ2v) is 5.86. The monoisotopic (exact) mass is 346 g/mol. The quantitative estimate of drug-likeness (QED) is 0.233. The van der Waals surface area contributed by atoms with Crippen LogP contribution in [-0.4, -0.2) is 66.6 Å². The van der Waals surface area contributed by atoms with Gasteiger partial charge in [-0.1, -0.05) is 12.7 Å².